The van der Waals surface area contributed by atoms with Gasteiger partial charge in [-0.1, -0.05) is 30.3 Å². The number of hydrogen-bond acceptors (Lipinski definition) is 7. The standard InChI is InChI=1S/C25H26N4O4S/c1-16-15-34-25(26-16)29-17(2)13-20(18(29)3)22(30)14-33-24(32)10-9-23(31)28-12-11-21(27-28)19-7-5-4-6-8-19/h4-8,13,15H,9-12,14H2,1-3H3. The second-order valence-corrected chi connectivity index (χ2v) is 8.99. The van der Waals surface area contributed by atoms with Crippen molar-refractivity contribution in [3.8, 4) is 5.13 Å². The Morgan fingerprint density at radius 1 is 1.09 bits per heavy atom. The van der Waals surface area contributed by atoms with E-state index in [1.165, 1.54) is 16.3 Å². The minimum absolute atomic E-state index is 0.0174. The quantitative estimate of drug-likeness (QED) is 0.360. The number of rotatable bonds is 8. The highest BCUT2D eigenvalue weighted by molar-refractivity contribution is 7.12. The Balaban J connectivity index is 1.28. The van der Waals surface area contributed by atoms with Crippen LogP contribution in [0, 0.1) is 20.8 Å². The highest BCUT2D eigenvalue weighted by Crippen LogP contribution is 2.24. The van der Waals surface area contributed by atoms with Crippen LogP contribution in [0.2, 0.25) is 0 Å². The highest BCUT2D eigenvalue weighted by atomic mass is 32.1. The van der Waals surface area contributed by atoms with E-state index in [9.17, 15) is 14.4 Å². The molecule has 3 heterocycles. The normalized spacial score (nSPS) is 13.1. The first-order chi connectivity index (χ1) is 16.3. The molecule has 2 aromatic heterocycles. The zero-order valence-corrected chi connectivity index (χ0v) is 20.2. The first kappa shape index (κ1) is 23.6. The predicted molar refractivity (Wildman–Crippen MR) is 129 cm³/mol. The number of thiazole rings is 1. The minimum atomic E-state index is -0.586. The van der Waals surface area contributed by atoms with E-state index in [1.54, 1.807) is 6.07 Å². The van der Waals surface area contributed by atoms with Gasteiger partial charge in [-0.2, -0.15) is 5.10 Å². The lowest BCUT2D eigenvalue weighted by Crippen LogP contribution is -2.24. The Hall–Kier alpha value is -3.59. The van der Waals surface area contributed by atoms with Gasteiger partial charge < -0.3 is 4.74 Å². The second kappa shape index (κ2) is 10.1. The van der Waals surface area contributed by atoms with E-state index in [2.05, 4.69) is 10.1 Å². The summed E-state index contributed by atoms with van der Waals surface area (Å²) in [7, 11) is 0. The summed E-state index contributed by atoms with van der Waals surface area (Å²) in [5.74, 6) is -1.11. The summed E-state index contributed by atoms with van der Waals surface area (Å²) in [5, 5.41) is 8.53. The highest BCUT2D eigenvalue weighted by Gasteiger charge is 2.23. The van der Waals surface area contributed by atoms with E-state index in [1.807, 2.05) is 61.1 Å². The van der Waals surface area contributed by atoms with Gasteiger partial charge in [0.1, 0.15) is 0 Å². The van der Waals surface area contributed by atoms with E-state index < -0.39 is 5.97 Å². The van der Waals surface area contributed by atoms with Gasteiger partial charge in [0.05, 0.1) is 24.4 Å². The molecule has 176 valence electrons. The third-order valence-electron chi connectivity index (χ3n) is 5.63. The van der Waals surface area contributed by atoms with Gasteiger partial charge in [0.2, 0.25) is 11.7 Å². The molecule has 0 unspecified atom stereocenters. The van der Waals surface area contributed by atoms with Crippen LogP contribution in [0.4, 0.5) is 0 Å². The Morgan fingerprint density at radius 2 is 1.85 bits per heavy atom. The lowest BCUT2D eigenvalue weighted by Gasteiger charge is -2.11. The Kier molecular flexibility index (Phi) is 7.02. The average molecular weight is 479 g/mol. The number of ether oxygens (including phenoxy) is 1. The third-order valence-corrected chi connectivity index (χ3v) is 6.58. The van der Waals surface area contributed by atoms with Gasteiger partial charge in [0, 0.05) is 35.2 Å². The van der Waals surface area contributed by atoms with Gasteiger partial charge in [-0.3, -0.25) is 19.0 Å². The number of amides is 1. The summed E-state index contributed by atoms with van der Waals surface area (Å²) in [4.78, 5) is 41.8. The van der Waals surface area contributed by atoms with Crippen LogP contribution in [-0.4, -0.2) is 51.1 Å². The number of carbonyl (C=O) groups excluding carboxylic acids is 3. The zero-order valence-electron chi connectivity index (χ0n) is 19.4. The van der Waals surface area contributed by atoms with Crippen LogP contribution in [0.25, 0.3) is 5.13 Å². The predicted octanol–water partition coefficient (Wildman–Crippen LogP) is 4.00. The van der Waals surface area contributed by atoms with Gasteiger partial charge in [0.25, 0.3) is 0 Å². The van der Waals surface area contributed by atoms with Crippen molar-refractivity contribution in [2.45, 2.75) is 40.0 Å². The molecule has 8 nitrogen and oxygen atoms in total. The topological polar surface area (TPSA) is 93.9 Å². The fraction of sp³-hybridized carbons (Fsp3) is 0.320. The van der Waals surface area contributed by atoms with E-state index in [-0.39, 0.29) is 31.1 Å². The van der Waals surface area contributed by atoms with Crippen LogP contribution in [0.1, 0.15) is 52.3 Å². The van der Waals surface area contributed by atoms with E-state index in [0.29, 0.717) is 18.5 Å². The van der Waals surface area contributed by atoms with Gasteiger partial charge in [-0.15, -0.1) is 11.3 Å². The number of nitrogens with zero attached hydrogens (tertiary/aromatic N) is 4. The minimum Gasteiger partial charge on any atom is -0.457 e. The monoisotopic (exact) mass is 478 g/mol. The molecule has 0 fully saturated rings. The molecular weight excluding hydrogens is 452 g/mol. The Bertz CT molecular complexity index is 1260. The average Bonchev–Trinajstić information content (AvgIpc) is 3.55. The molecule has 0 atom stereocenters. The first-order valence-electron chi connectivity index (χ1n) is 11.1. The Morgan fingerprint density at radius 3 is 2.56 bits per heavy atom. The third kappa shape index (κ3) is 5.14. The van der Waals surface area contributed by atoms with Gasteiger partial charge in [-0.05, 0) is 32.4 Å². The molecule has 0 spiro atoms. The van der Waals surface area contributed by atoms with Crippen molar-refractivity contribution in [2.24, 2.45) is 5.10 Å². The summed E-state index contributed by atoms with van der Waals surface area (Å²) in [6.45, 7) is 5.79. The number of hydrazone groups is 1. The maximum absolute atomic E-state index is 12.7. The van der Waals surface area contributed by atoms with Crippen molar-refractivity contribution in [3.05, 3.63) is 70.0 Å². The summed E-state index contributed by atoms with van der Waals surface area (Å²) >= 11 is 1.50. The lowest BCUT2D eigenvalue weighted by molar-refractivity contribution is -0.145. The lowest BCUT2D eigenvalue weighted by atomic mass is 10.1. The van der Waals surface area contributed by atoms with Crippen LogP contribution < -0.4 is 0 Å². The van der Waals surface area contributed by atoms with Crippen LogP contribution in [0.5, 0.6) is 0 Å². The van der Waals surface area contributed by atoms with Crippen molar-refractivity contribution >= 4 is 34.7 Å². The second-order valence-electron chi connectivity index (χ2n) is 8.16. The largest absolute Gasteiger partial charge is 0.457 e. The molecule has 1 aromatic carbocycles. The first-order valence-corrected chi connectivity index (χ1v) is 11.9. The number of Topliss-reactive ketones (excluding diaryl/α,β-unsaturated/α-hetero) is 1. The van der Waals surface area contributed by atoms with Crippen molar-refractivity contribution in [2.75, 3.05) is 13.2 Å². The molecule has 9 heteroatoms. The Labute approximate surface area is 201 Å². The van der Waals surface area contributed by atoms with E-state index in [4.69, 9.17) is 4.74 Å². The summed E-state index contributed by atoms with van der Waals surface area (Å²) in [5.41, 5.74) is 4.89. The molecule has 1 amide bonds. The SMILES string of the molecule is Cc1csc(-n2c(C)cc(C(=O)COC(=O)CCC(=O)N3CCC(c4ccccc4)=N3)c2C)n1. The van der Waals surface area contributed by atoms with Crippen LogP contribution in [0.3, 0.4) is 0 Å². The molecule has 4 rings (SSSR count). The molecule has 34 heavy (non-hydrogen) atoms. The number of aromatic nitrogens is 2. The number of esters is 1. The molecule has 1 aliphatic heterocycles. The fourth-order valence-corrected chi connectivity index (χ4v) is 4.80. The number of benzene rings is 1. The molecule has 0 N–H and O–H groups in total. The molecule has 0 saturated heterocycles. The fourth-order valence-electron chi connectivity index (χ4n) is 3.89. The van der Waals surface area contributed by atoms with Crippen molar-refractivity contribution < 1.29 is 19.1 Å². The molecule has 0 radical (unpaired) electrons. The number of hydrogen-bond donors (Lipinski definition) is 0. The van der Waals surface area contributed by atoms with Gasteiger partial charge in [-0.25, -0.2) is 9.99 Å². The smallest absolute Gasteiger partial charge is 0.306 e. The van der Waals surface area contributed by atoms with Crippen LogP contribution in [0.15, 0.2) is 46.9 Å². The molecule has 1 aliphatic rings. The molecular formula is C25H26N4O4S. The number of carbonyl (C=O) groups is 3. The summed E-state index contributed by atoms with van der Waals surface area (Å²) in [6, 6.07) is 11.5. The van der Waals surface area contributed by atoms with Crippen molar-refractivity contribution in [3.63, 3.8) is 0 Å². The zero-order chi connectivity index (χ0) is 24.2. The maximum Gasteiger partial charge on any atom is 0.306 e. The van der Waals surface area contributed by atoms with E-state index >= 15 is 0 Å². The summed E-state index contributed by atoms with van der Waals surface area (Å²) < 4.78 is 7.08. The molecule has 0 aliphatic carbocycles. The number of ketones is 1. The van der Waals surface area contributed by atoms with Crippen LogP contribution >= 0.6 is 11.3 Å². The summed E-state index contributed by atoms with van der Waals surface area (Å²) in [6.07, 6.45) is 0.556. The van der Waals surface area contributed by atoms with Crippen molar-refractivity contribution in [1.82, 2.24) is 14.6 Å². The maximum atomic E-state index is 12.7. The van der Waals surface area contributed by atoms with Gasteiger partial charge >= 0.3 is 5.97 Å². The number of aryl methyl sites for hydroxylation is 2. The molecule has 0 bridgehead atoms. The molecule has 0 saturated carbocycles. The van der Waals surface area contributed by atoms with E-state index in [0.717, 1.165) is 33.5 Å². The van der Waals surface area contributed by atoms with Crippen molar-refractivity contribution in [1.29, 1.82) is 0 Å². The molecule has 3 aromatic rings. The van der Waals surface area contributed by atoms with Gasteiger partial charge in [0.15, 0.2) is 11.7 Å². The van der Waals surface area contributed by atoms with Crippen LogP contribution in [-0.2, 0) is 14.3 Å².